The molecule has 2 aromatic carbocycles. The van der Waals surface area contributed by atoms with Crippen LogP contribution in [0, 0.1) is 5.82 Å². The van der Waals surface area contributed by atoms with Crippen LogP contribution >= 0.6 is 0 Å². The normalized spacial score (nSPS) is 10.3. The molecule has 0 saturated carbocycles. The molecule has 0 atom stereocenters. The lowest BCUT2D eigenvalue weighted by atomic mass is 10.1. The minimum Gasteiger partial charge on any atom is -0.398 e. The van der Waals surface area contributed by atoms with E-state index in [0.717, 1.165) is 30.2 Å². The zero-order valence-electron chi connectivity index (χ0n) is 11.3. The van der Waals surface area contributed by atoms with Crippen molar-refractivity contribution >= 4 is 17.3 Å². The van der Waals surface area contributed by atoms with Crippen molar-refractivity contribution in [3.05, 3.63) is 59.4 Å². The number of aryl methyl sites for hydroxylation is 1. The highest BCUT2D eigenvalue weighted by molar-refractivity contribution is 6.08. The van der Waals surface area contributed by atoms with Gasteiger partial charge in [-0.3, -0.25) is 4.79 Å². The van der Waals surface area contributed by atoms with Crippen molar-refractivity contribution in [3.63, 3.8) is 0 Å². The monoisotopic (exact) mass is 272 g/mol. The van der Waals surface area contributed by atoms with Crippen LogP contribution in [-0.2, 0) is 6.42 Å². The topological polar surface area (TPSA) is 55.1 Å². The van der Waals surface area contributed by atoms with Gasteiger partial charge in [-0.05, 0) is 36.2 Å². The van der Waals surface area contributed by atoms with Gasteiger partial charge in [0.25, 0.3) is 5.91 Å². The Bertz CT molecular complexity index is 626. The molecule has 0 fully saturated rings. The highest BCUT2D eigenvalue weighted by Gasteiger charge is 2.12. The van der Waals surface area contributed by atoms with Gasteiger partial charge >= 0.3 is 0 Å². The van der Waals surface area contributed by atoms with Crippen molar-refractivity contribution in [3.8, 4) is 0 Å². The first-order valence-electron chi connectivity index (χ1n) is 6.56. The number of nitrogens with two attached hydrogens (primary N) is 1. The maximum absolute atomic E-state index is 13.2. The SMILES string of the molecule is CCCc1ccccc1NC(=O)c1cc(F)ccc1N. The number of para-hydroxylation sites is 1. The average molecular weight is 272 g/mol. The van der Waals surface area contributed by atoms with Gasteiger partial charge in [0.1, 0.15) is 5.82 Å². The quantitative estimate of drug-likeness (QED) is 0.835. The van der Waals surface area contributed by atoms with E-state index in [0.29, 0.717) is 0 Å². The Hall–Kier alpha value is -2.36. The second-order valence-corrected chi connectivity index (χ2v) is 4.59. The third-order valence-electron chi connectivity index (χ3n) is 3.04. The molecule has 2 rings (SSSR count). The molecule has 0 aliphatic carbocycles. The van der Waals surface area contributed by atoms with Crippen LogP contribution in [0.15, 0.2) is 42.5 Å². The van der Waals surface area contributed by atoms with Gasteiger partial charge < -0.3 is 11.1 Å². The van der Waals surface area contributed by atoms with Crippen molar-refractivity contribution in [1.29, 1.82) is 0 Å². The van der Waals surface area contributed by atoms with Crippen molar-refractivity contribution < 1.29 is 9.18 Å². The number of halogens is 1. The van der Waals surface area contributed by atoms with Crippen molar-refractivity contribution in [2.45, 2.75) is 19.8 Å². The minimum atomic E-state index is -0.480. The molecule has 0 spiro atoms. The molecule has 1 amide bonds. The van der Waals surface area contributed by atoms with Gasteiger partial charge in [0.15, 0.2) is 0 Å². The first kappa shape index (κ1) is 14.1. The number of nitrogen functional groups attached to an aromatic ring is 1. The summed E-state index contributed by atoms with van der Waals surface area (Å²) in [5.74, 6) is -0.878. The summed E-state index contributed by atoms with van der Waals surface area (Å²) in [6.45, 7) is 2.07. The number of anilines is 2. The first-order valence-corrected chi connectivity index (χ1v) is 6.56. The number of benzene rings is 2. The smallest absolute Gasteiger partial charge is 0.257 e. The van der Waals surface area contributed by atoms with E-state index in [1.165, 1.54) is 12.1 Å². The fourth-order valence-corrected chi connectivity index (χ4v) is 2.04. The summed E-state index contributed by atoms with van der Waals surface area (Å²) in [7, 11) is 0. The fourth-order valence-electron chi connectivity index (χ4n) is 2.04. The molecule has 0 radical (unpaired) electrons. The van der Waals surface area contributed by atoms with Crippen LogP contribution in [-0.4, -0.2) is 5.91 Å². The molecule has 0 saturated heterocycles. The number of hydrogen-bond donors (Lipinski definition) is 2. The molecular weight excluding hydrogens is 255 g/mol. The third kappa shape index (κ3) is 3.15. The molecule has 104 valence electrons. The van der Waals surface area contributed by atoms with E-state index in [4.69, 9.17) is 5.73 Å². The predicted octanol–water partition coefficient (Wildman–Crippen LogP) is 3.61. The highest BCUT2D eigenvalue weighted by atomic mass is 19.1. The molecule has 3 N–H and O–H groups in total. The number of nitrogens with one attached hydrogen (secondary N) is 1. The number of carbonyl (C=O) groups is 1. The minimum absolute atomic E-state index is 0.149. The average Bonchev–Trinajstić information content (AvgIpc) is 2.44. The lowest BCUT2D eigenvalue weighted by Gasteiger charge is -2.11. The second kappa shape index (κ2) is 6.19. The number of hydrogen-bond acceptors (Lipinski definition) is 2. The van der Waals surface area contributed by atoms with Crippen LogP contribution in [0.25, 0.3) is 0 Å². The van der Waals surface area contributed by atoms with Crippen molar-refractivity contribution in [1.82, 2.24) is 0 Å². The Labute approximate surface area is 117 Å². The Morgan fingerprint density at radius 3 is 2.75 bits per heavy atom. The van der Waals surface area contributed by atoms with Gasteiger partial charge in [0.05, 0.1) is 5.56 Å². The summed E-state index contributed by atoms with van der Waals surface area (Å²) in [5.41, 5.74) is 7.92. The standard InChI is InChI=1S/C16H17FN2O/c1-2-5-11-6-3-4-7-15(11)19-16(20)13-10-12(17)8-9-14(13)18/h3-4,6-10H,2,5,18H2,1H3,(H,19,20). The van der Waals surface area contributed by atoms with Gasteiger partial charge in [0.2, 0.25) is 0 Å². The van der Waals surface area contributed by atoms with E-state index in [9.17, 15) is 9.18 Å². The van der Waals surface area contributed by atoms with E-state index < -0.39 is 11.7 Å². The van der Waals surface area contributed by atoms with Crippen LogP contribution in [0.2, 0.25) is 0 Å². The Balaban J connectivity index is 2.26. The Morgan fingerprint density at radius 2 is 2.00 bits per heavy atom. The van der Waals surface area contributed by atoms with Crippen LogP contribution in [0.4, 0.5) is 15.8 Å². The molecule has 0 unspecified atom stereocenters. The summed E-state index contributed by atoms with van der Waals surface area (Å²) in [4.78, 5) is 12.2. The molecule has 0 aromatic heterocycles. The van der Waals surface area contributed by atoms with Gasteiger partial charge in [0, 0.05) is 11.4 Å². The Kier molecular flexibility index (Phi) is 4.35. The van der Waals surface area contributed by atoms with E-state index in [1.807, 2.05) is 24.3 Å². The molecule has 0 bridgehead atoms. The molecule has 2 aromatic rings. The zero-order chi connectivity index (χ0) is 14.5. The first-order chi connectivity index (χ1) is 9.61. The van der Waals surface area contributed by atoms with Crippen LogP contribution in [0.3, 0.4) is 0 Å². The summed E-state index contributed by atoms with van der Waals surface area (Å²) in [6.07, 6.45) is 1.85. The van der Waals surface area contributed by atoms with Gasteiger partial charge in [-0.2, -0.15) is 0 Å². The number of amides is 1. The summed E-state index contributed by atoms with van der Waals surface area (Å²) >= 11 is 0. The molecule has 3 nitrogen and oxygen atoms in total. The third-order valence-corrected chi connectivity index (χ3v) is 3.04. The fraction of sp³-hybridized carbons (Fsp3) is 0.188. The number of rotatable bonds is 4. The second-order valence-electron chi connectivity index (χ2n) is 4.59. The predicted molar refractivity (Wildman–Crippen MR) is 79.2 cm³/mol. The maximum Gasteiger partial charge on any atom is 0.257 e. The zero-order valence-corrected chi connectivity index (χ0v) is 11.3. The highest BCUT2D eigenvalue weighted by Crippen LogP contribution is 2.20. The van der Waals surface area contributed by atoms with Crippen LogP contribution in [0.1, 0.15) is 29.3 Å². The van der Waals surface area contributed by atoms with Gasteiger partial charge in [-0.1, -0.05) is 31.5 Å². The molecule has 0 heterocycles. The molecule has 20 heavy (non-hydrogen) atoms. The van der Waals surface area contributed by atoms with Crippen molar-refractivity contribution in [2.75, 3.05) is 11.1 Å². The molecule has 0 aliphatic rings. The van der Waals surface area contributed by atoms with Gasteiger partial charge in [-0.25, -0.2) is 4.39 Å². The van der Waals surface area contributed by atoms with Crippen molar-refractivity contribution in [2.24, 2.45) is 0 Å². The molecule has 0 aliphatic heterocycles. The van der Waals surface area contributed by atoms with Crippen LogP contribution in [0.5, 0.6) is 0 Å². The maximum atomic E-state index is 13.2. The van der Waals surface area contributed by atoms with Gasteiger partial charge in [-0.15, -0.1) is 0 Å². The number of carbonyl (C=O) groups excluding carboxylic acids is 1. The summed E-state index contributed by atoms with van der Waals surface area (Å²) in [5, 5.41) is 2.79. The molecular formula is C16H17FN2O. The van der Waals surface area contributed by atoms with E-state index in [-0.39, 0.29) is 11.3 Å². The lowest BCUT2D eigenvalue weighted by molar-refractivity contribution is 0.102. The summed E-state index contributed by atoms with van der Waals surface area (Å²) in [6, 6.07) is 11.3. The van der Waals surface area contributed by atoms with Crippen LogP contribution < -0.4 is 11.1 Å². The van der Waals surface area contributed by atoms with E-state index >= 15 is 0 Å². The van der Waals surface area contributed by atoms with E-state index in [2.05, 4.69) is 12.2 Å². The lowest BCUT2D eigenvalue weighted by Crippen LogP contribution is -2.15. The van der Waals surface area contributed by atoms with E-state index in [1.54, 1.807) is 0 Å². The Morgan fingerprint density at radius 1 is 1.25 bits per heavy atom. The largest absolute Gasteiger partial charge is 0.398 e. The molecule has 4 heteroatoms. The summed E-state index contributed by atoms with van der Waals surface area (Å²) < 4.78 is 13.2.